The molecule has 0 amide bonds. The van der Waals surface area contributed by atoms with E-state index in [1.807, 2.05) is 18.2 Å². The SMILES string of the molecule is CCCCCCCCCCCCC(Cc1ccccc1)N=O. The Labute approximate surface area is 136 Å². The summed E-state index contributed by atoms with van der Waals surface area (Å²) in [7, 11) is 0. The summed E-state index contributed by atoms with van der Waals surface area (Å²) in [6.07, 6.45) is 15.1. The van der Waals surface area contributed by atoms with Crippen LogP contribution >= 0.6 is 0 Å². The number of unbranched alkanes of at least 4 members (excludes halogenated alkanes) is 9. The lowest BCUT2D eigenvalue weighted by atomic mass is 10.00. The van der Waals surface area contributed by atoms with Crippen LogP contribution in [0.4, 0.5) is 0 Å². The van der Waals surface area contributed by atoms with Gasteiger partial charge in [0.1, 0.15) is 0 Å². The number of hydrogen-bond donors (Lipinski definition) is 0. The second-order valence-electron chi connectivity index (χ2n) is 6.42. The zero-order chi connectivity index (χ0) is 15.9. The smallest absolute Gasteiger partial charge is 0.0959 e. The van der Waals surface area contributed by atoms with E-state index in [1.54, 1.807) is 0 Å². The van der Waals surface area contributed by atoms with Gasteiger partial charge in [-0.2, -0.15) is 4.91 Å². The minimum atomic E-state index is -0.0450. The summed E-state index contributed by atoms with van der Waals surface area (Å²) in [4.78, 5) is 11.0. The van der Waals surface area contributed by atoms with Crippen LogP contribution in [0.5, 0.6) is 0 Å². The largest absolute Gasteiger partial charge is 0.151 e. The number of rotatable bonds is 14. The molecule has 0 aliphatic carbocycles. The molecule has 22 heavy (non-hydrogen) atoms. The molecule has 2 nitrogen and oxygen atoms in total. The maximum Gasteiger partial charge on any atom is 0.0959 e. The van der Waals surface area contributed by atoms with E-state index in [2.05, 4.69) is 24.2 Å². The summed E-state index contributed by atoms with van der Waals surface area (Å²) in [5.74, 6) is 0. The molecule has 0 heterocycles. The number of nitroso groups, excluding NO2 is 1. The van der Waals surface area contributed by atoms with E-state index in [1.165, 1.54) is 63.4 Å². The molecule has 1 aromatic rings. The predicted molar refractivity (Wildman–Crippen MR) is 96.2 cm³/mol. The lowest BCUT2D eigenvalue weighted by Crippen LogP contribution is -2.07. The Morgan fingerprint density at radius 1 is 0.818 bits per heavy atom. The Morgan fingerprint density at radius 3 is 1.91 bits per heavy atom. The van der Waals surface area contributed by atoms with Gasteiger partial charge < -0.3 is 0 Å². The zero-order valence-electron chi connectivity index (χ0n) is 14.3. The molecule has 0 aliphatic heterocycles. The molecule has 1 rings (SSSR count). The van der Waals surface area contributed by atoms with Crippen molar-refractivity contribution in [3.8, 4) is 0 Å². The topological polar surface area (TPSA) is 29.4 Å². The second-order valence-corrected chi connectivity index (χ2v) is 6.42. The second kappa shape index (κ2) is 13.5. The van der Waals surface area contributed by atoms with Gasteiger partial charge in [0.2, 0.25) is 0 Å². The van der Waals surface area contributed by atoms with Crippen LogP contribution in [-0.4, -0.2) is 6.04 Å². The van der Waals surface area contributed by atoms with E-state index in [0.29, 0.717) is 0 Å². The van der Waals surface area contributed by atoms with Crippen LogP contribution in [0.3, 0.4) is 0 Å². The summed E-state index contributed by atoms with van der Waals surface area (Å²) in [5.41, 5.74) is 1.22. The van der Waals surface area contributed by atoms with Crippen molar-refractivity contribution in [1.29, 1.82) is 0 Å². The van der Waals surface area contributed by atoms with Gasteiger partial charge in [0, 0.05) is 0 Å². The first-order chi connectivity index (χ1) is 10.9. The van der Waals surface area contributed by atoms with Gasteiger partial charge in [0.15, 0.2) is 0 Å². The van der Waals surface area contributed by atoms with E-state index in [-0.39, 0.29) is 6.04 Å². The van der Waals surface area contributed by atoms with Crippen LogP contribution in [0, 0.1) is 4.91 Å². The summed E-state index contributed by atoms with van der Waals surface area (Å²) < 4.78 is 0. The Morgan fingerprint density at radius 2 is 1.36 bits per heavy atom. The molecule has 124 valence electrons. The highest BCUT2D eigenvalue weighted by Crippen LogP contribution is 2.15. The summed E-state index contributed by atoms with van der Waals surface area (Å²) >= 11 is 0. The first-order valence-corrected chi connectivity index (χ1v) is 9.23. The Balaban J connectivity index is 1.97. The number of hydrogen-bond acceptors (Lipinski definition) is 2. The fourth-order valence-electron chi connectivity index (χ4n) is 2.95. The molecular formula is C20H33NO. The zero-order valence-corrected chi connectivity index (χ0v) is 14.3. The molecule has 0 aromatic heterocycles. The molecule has 0 N–H and O–H groups in total. The van der Waals surface area contributed by atoms with Crippen molar-refractivity contribution in [3.05, 3.63) is 40.8 Å². The molecule has 2 heteroatoms. The lowest BCUT2D eigenvalue weighted by molar-refractivity contribution is 0.519. The molecule has 1 atom stereocenters. The normalized spacial score (nSPS) is 12.2. The number of nitrogens with zero attached hydrogens (tertiary/aromatic N) is 1. The van der Waals surface area contributed by atoms with Crippen LogP contribution in [-0.2, 0) is 6.42 Å². The van der Waals surface area contributed by atoms with Crippen LogP contribution in [0.15, 0.2) is 35.5 Å². The summed E-state index contributed by atoms with van der Waals surface area (Å²) in [5, 5.41) is 3.31. The summed E-state index contributed by atoms with van der Waals surface area (Å²) in [6, 6.07) is 10.2. The van der Waals surface area contributed by atoms with Crippen molar-refractivity contribution in [3.63, 3.8) is 0 Å². The minimum Gasteiger partial charge on any atom is -0.151 e. The van der Waals surface area contributed by atoms with E-state index in [4.69, 9.17) is 0 Å². The molecule has 0 spiro atoms. The first-order valence-electron chi connectivity index (χ1n) is 9.23. The molecule has 0 saturated carbocycles. The molecule has 0 bridgehead atoms. The Bertz CT molecular complexity index is 363. The van der Waals surface area contributed by atoms with Gasteiger partial charge in [-0.05, 0) is 18.4 Å². The van der Waals surface area contributed by atoms with E-state index in [0.717, 1.165) is 19.3 Å². The van der Waals surface area contributed by atoms with Gasteiger partial charge in [0.25, 0.3) is 0 Å². The van der Waals surface area contributed by atoms with Crippen LogP contribution in [0.25, 0.3) is 0 Å². The van der Waals surface area contributed by atoms with Crippen molar-refractivity contribution in [2.75, 3.05) is 0 Å². The third-order valence-electron chi connectivity index (χ3n) is 4.35. The van der Waals surface area contributed by atoms with Gasteiger partial charge in [0.05, 0.1) is 6.04 Å². The maximum absolute atomic E-state index is 11.0. The van der Waals surface area contributed by atoms with Crippen molar-refractivity contribution < 1.29 is 0 Å². The molecule has 1 unspecified atom stereocenters. The predicted octanol–water partition coefficient (Wildman–Crippen LogP) is 6.68. The molecule has 0 radical (unpaired) electrons. The van der Waals surface area contributed by atoms with Crippen LogP contribution in [0.2, 0.25) is 0 Å². The molecule has 0 fully saturated rings. The molecular weight excluding hydrogens is 270 g/mol. The lowest BCUT2D eigenvalue weighted by Gasteiger charge is -2.09. The van der Waals surface area contributed by atoms with Crippen molar-refractivity contribution >= 4 is 0 Å². The highest BCUT2D eigenvalue weighted by Gasteiger charge is 2.09. The first kappa shape index (κ1) is 18.9. The minimum absolute atomic E-state index is 0.0450. The van der Waals surface area contributed by atoms with Crippen molar-refractivity contribution in [2.45, 2.75) is 90.0 Å². The molecule has 0 saturated heterocycles. The van der Waals surface area contributed by atoms with Gasteiger partial charge >= 0.3 is 0 Å². The summed E-state index contributed by atoms with van der Waals surface area (Å²) in [6.45, 7) is 2.26. The van der Waals surface area contributed by atoms with Gasteiger partial charge in [-0.1, -0.05) is 107 Å². The highest BCUT2D eigenvalue weighted by atomic mass is 16.3. The van der Waals surface area contributed by atoms with Gasteiger partial charge in [-0.15, -0.1) is 0 Å². The fourth-order valence-corrected chi connectivity index (χ4v) is 2.95. The number of benzene rings is 1. The van der Waals surface area contributed by atoms with Crippen LogP contribution in [0.1, 0.15) is 83.1 Å². The molecule has 1 aromatic carbocycles. The van der Waals surface area contributed by atoms with E-state index in [9.17, 15) is 4.91 Å². The average molecular weight is 303 g/mol. The Kier molecular flexibility index (Phi) is 11.6. The van der Waals surface area contributed by atoms with Gasteiger partial charge in [-0.3, -0.25) is 0 Å². The van der Waals surface area contributed by atoms with Gasteiger partial charge in [-0.25, -0.2) is 0 Å². The fraction of sp³-hybridized carbons (Fsp3) is 0.700. The Hall–Kier alpha value is -1.18. The third-order valence-corrected chi connectivity index (χ3v) is 4.35. The standard InChI is InChI=1S/C20H33NO/c1-2-3-4-5-6-7-8-9-10-14-17-20(21-22)18-19-15-12-11-13-16-19/h11-13,15-16,20H,2-10,14,17-18H2,1H3. The maximum atomic E-state index is 11.0. The third kappa shape index (κ3) is 9.70. The quantitative estimate of drug-likeness (QED) is 0.278. The van der Waals surface area contributed by atoms with Crippen molar-refractivity contribution in [2.24, 2.45) is 5.18 Å². The average Bonchev–Trinajstić information content (AvgIpc) is 2.56. The van der Waals surface area contributed by atoms with E-state index < -0.39 is 0 Å². The van der Waals surface area contributed by atoms with Crippen LogP contribution < -0.4 is 0 Å². The van der Waals surface area contributed by atoms with E-state index >= 15 is 0 Å². The highest BCUT2D eigenvalue weighted by molar-refractivity contribution is 5.15. The molecule has 0 aliphatic rings. The monoisotopic (exact) mass is 303 g/mol. The van der Waals surface area contributed by atoms with Crippen molar-refractivity contribution in [1.82, 2.24) is 0 Å².